The highest BCUT2D eigenvalue weighted by Gasteiger charge is 2.51. The molecule has 33 heavy (non-hydrogen) atoms. The van der Waals surface area contributed by atoms with Gasteiger partial charge in [-0.05, 0) is 59.4 Å². The molecule has 0 spiro atoms. The number of carbonyl (C=O) groups excluding carboxylic acids is 1. The summed E-state index contributed by atoms with van der Waals surface area (Å²) in [6.07, 6.45) is -3.47. The summed E-state index contributed by atoms with van der Waals surface area (Å²) in [6.45, 7) is -0.270. The molecule has 0 radical (unpaired) electrons. The van der Waals surface area contributed by atoms with Crippen molar-refractivity contribution < 1.29 is 32.5 Å². The van der Waals surface area contributed by atoms with Crippen LogP contribution >= 0.6 is 0 Å². The molecule has 1 aliphatic heterocycles. The summed E-state index contributed by atoms with van der Waals surface area (Å²) in [7, 11) is 0. The average molecular weight is 455 g/mol. The monoisotopic (exact) mass is 455 g/mol. The van der Waals surface area contributed by atoms with Crippen LogP contribution in [-0.2, 0) is 23.0 Å². The summed E-state index contributed by atoms with van der Waals surface area (Å²) in [5.74, 6) is 0.791. The maximum Gasteiger partial charge on any atom is 0.417 e. The zero-order chi connectivity index (χ0) is 23.2. The number of ether oxygens (including phenoxy) is 2. The number of carbonyl (C=O) groups is 1. The molecular weight excluding hydrogens is 435 g/mol. The van der Waals surface area contributed by atoms with E-state index in [2.05, 4.69) is 5.32 Å². The Morgan fingerprint density at radius 1 is 0.970 bits per heavy atom. The highest BCUT2D eigenvalue weighted by molar-refractivity contribution is 6.01. The first-order valence-electron chi connectivity index (χ1n) is 10.4. The second-order valence-corrected chi connectivity index (χ2v) is 8.18. The van der Waals surface area contributed by atoms with Crippen LogP contribution in [0.1, 0.15) is 29.5 Å². The first kappa shape index (κ1) is 21.3. The van der Waals surface area contributed by atoms with Crippen molar-refractivity contribution in [2.75, 3.05) is 12.1 Å². The molecule has 3 aromatic rings. The smallest absolute Gasteiger partial charge is 0.417 e. The van der Waals surface area contributed by atoms with Crippen LogP contribution in [0.4, 0.5) is 18.9 Å². The predicted molar refractivity (Wildman–Crippen MR) is 115 cm³/mol. The number of alkyl halides is 3. The van der Waals surface area contributed by atoms with Gasteiger partial charge in [-0.2, -0.15) is 13.2 Å². The maximum absolute atomic E-state index is 13.9. The summed E-state index contributed by atoms with van der Waals surface area (Å²) < 4.78 is 52.5. The van der Waals surface area contributed by atoms with Gasteiger partial charge in [0.25, 0.3) is 0 Å². The van der Waals surface area contributed by atoms with Gasteiger partial charge in [0.1, 0.15) is 0 Å². The highest BCUT2D eigenvalue weighted by atomic mass is 19.4. The molecule has 5 nitrogen and oxygen atoms in total. The fourth-order valence-electron chi connectivity index (χ4n) is 4.23. The van der Waals surface area contributed by atoms with E-state index in [9.17, 15) is 23.1 Å². The number of nitrogens with one attached hydrogen (secondary N) is 1. The van der Waals surface area contributed by atoms with E-state index in [1.54, 1.807) is 36.4 Å². The predicted octanol–water partition coefficient (Wildman–Crippen LogP) is 5.26. The van der Waals surface area contributed by atoms with Crippen LogP contribution in [0.5, 0.6) is 11.5 Å². The van der Waals surface area contributed by atoms with Crippen molar-refractivity contribution >= 4 is 11.6 Å². The fraction of sp³-hybridized carbons (Fsp3) is 0.240. The number of amides is 1. The molecule has 1 amide bonds. The van der Waals surface area contributed by atoms with Crippen molar-refractivity contribution in [1.82, 2.24) is 0 Å². The molecule has 0 aromatic heterocycles. The van der Waals surface area contributed by atoms with E-state index < -0.39 is 17.2 Å². The Kier molecular flexibility index (Phi) is 5.05. The number of anilines is 1. The summed E-state index contributed by atoms with van der Waals surface area (Å²) in [6, 6.07) is 15.4. The van der Waals surface area contributed by atoms with Gasteiger partial charge in [0.05, 0.1) is 17.6 Å². The third kappa shape index (κ3) is 3.80. The second kappa shape index (κ2) is 7.81. The zero-order valence-corrected chi connectivity index (χ0v) is 17.4. The van der Waals surface area contributed by atoms with E-state index in [-0.39, 0.29) is 30.6 Å². The van der Waals surface area contributed by atoms with Crippen molar-refractivity contribution in [3.8, 4) is 22.6 Å². The third-order valence-corrected chi connectivity index (χ3v) is 6.17. The van der Waals surface area contributed by atoms with E-state index in [1.165, 1.54) is 18.2 Å². The fourth-order valence-corrected chi connectivity index (χ4v) is 4.23. The molecule has 1 aliphatic carbocycles. The number of hydrogen-bond donors (Lipinski definition) is 2. The summed E-state index contributed by atoms with van der Waals surface area (Å²) in [4.78, 5) is 13.1. The van der Waals surface area contributed by atoms with Gasteiger partial charge in [-0.3, -0.25) is 4.79 Å². The lowest BCUT2D eigenvalue weighted by Gasteiger charge is -2.19. The number of benzene rings is 3. The van der Waals surface area contributed by atoms with Gasteiger partial charge >= 0.3 is 6.18 Å². The lowest BCUT2D eigenvalue weighted by molar-refractivity contribution is -0.137. The minimum absolute atomic E-state index is 0.0537. The van der Waals surface area contributed by atoms with Gasteiger partial charge in [0.15, 0.2) is 11.5 Å². The molecule has 1 heterocycles. The molecule has 0 bridgehead atoms. The first-order valence-corrected chi connectivity index (χ1v) is 10.4. The number of hydrogen-bond acceptors (Lipinski definition) is 4. The Hall–Kier alpha value is -3.52. The van der Waals surface area contributed by atoms with Crippen LogP contribution < -0.4 is 14.8 Å². The lowest BCUT2D eigenvalue weighted by Crippen LogP contribution is -2.28. The Balaban J connectivity index is 1.46. The van der Waals surface area contributed by atoms with Crippen molar-refractivity contribution in [2.45, 2.75) is 31.0 Å². The molecule has 3 aromatic carbocycles. The van der Waals surface area contributed by atoms with Crippen LogP contribution in [0.25, 0.3) is 11.1 Å². The lowest BCUT2D eigenvalue weighted by atomic mass is 9.93. The molecule has 2 N–H and O–H groups in total. The van der Waals surface area contributed by atoms with Crippen LogP contribution in [0.2, 0.25) is 0 Å². The van der Waals surface area contributed by atoms with Gasteiger partial charge in [-0.1, -0.05) is 36.4 Å². The molecule has 2 aliphatic rings. The molecule has 0 unspecified atom stereocenters. The SMILES string of the molecule is O=C(Nc1ccc(-c2ccccc2CO)c(C(F)(F)F)c1)C1(c2ccc3c(c2)OCO3)CC1. The number of halogens is 3. The van der Waals surface area contributed by atoms with Crippen molar-refractivity contribution in [2.24, 2.45) is 0 Å². The van der Waals surface area contributed by atoms with Crippen LogP contribution in [0.3, 0.4) is 0 Å². The first-order chi connectivity index (χ1) is 15.8. The second-order valence-electron chi connectivity index (χ2n) is 8.18. The minimum atomic E-state index is -4.65. The molecule has 1 saturated carbocycles. The highest BCUT2D eigenvalue weighted by Crippen LogP contribution is 2.51. The van der Waals surface area contributed by atoms with Crippen molar-refractivity contribution in [3.63, 3.8) is 0 Å². The van der Waals surface area contributed by atoms with Gasteiger partial charge in [-0.25, -0.2) is 0 Å². The zero-order valence-electron chi connectivity index (χ0n) is 17.4. The summed E-state index contributed by atoms with van der Waals surface area (Å²) in [5.41, 5.74) is -0.250. The van der Waals surface area contributed by atoms with E-state index >= 15 is 0 Å². The molecule has 1 fully saturated rings. The molecule has 170 valence electrons. The Morgan fingerprint density at radius 2 is 1.73 bits per heavy atom. The molecule has 0 atom stereocenters. The average Bonchev–Trinajstić information content (AvgIpc) is 3.49. The van der Waals surface area contributed by atoms with E-state index in [0.717, 1.165) is 11.6 Å². The van der Waals surface area contributed by atoms with E-state index in [0.29, 0.717) is 35.5 Å². The molecular formula is C25H20F3NO4. The minimum Gasteiger partial charge on any atom is -0.454 e. The summed E-state index contributed by atoms with van der Waals surface area (Å²) in [5, 5.41) is 12.2. The van der Waals surface area contributed by atoms with Crippen molar-refractivity contribution in [3.05, 3.63) is 77.4 Å². The number of aliphatic hydroxyl groups excluding tert-OH is 1. The largest absolute Gasteiger partial charge is 0.454 e. The van der Waals surface area contributed by atoms with Gasteiger partial charge < -0.3 is 19.9 Å². The van der Waals surface area contributed by atoms with E-state index in [4.69, 9.17) is 9.47 Å². The number of fused-ring (bicyclic) bond motifs is 1. The maximum atomic E-state index is 13.9. The quantitative estimate of drug-likeness (QED) is 0.551. The topological polar surface area (TPSA) is 67.8 Å². The standard InChI is InChI=1S/C25H20F3NO4/c26-25(27,28)20-12-17(6-7-19(20)18-4-2-1-3-15(18)13-30)29-23(31)24(9-10-24)16-5-8-21-22(11-16)33-14-32-21/h1-8,11-12,30H,9-10,13-14H2,(H,29,31). The van der Waals surface area contributed by atoms with E-state index in [1.807, 2.05) is 0 Å². The molecule has 5 rings (SSSR count). The third-order valence-electron chi connectivity index (χ3n) is 6.17. The van der Waals surface area contributed by atoms with Gasteiger partial charge in [-0.15, -0.1) is 0 Å². The molecule has 8 heteroatoms. The summed E-state index contributed by atoms with van der Waals surface area (Å²) >= 11 is 0. The normalized spacial score (nSPS) is 15.9. The van der Waals surface area contributed by atoms with Crippen LogP contribution in [0, 0.1) is 0 Å². The molecule has 0 saturated heterocycles. The van der Waals surface area contributed by atoms with Gasteiger partial charge in [0.2, 0.25) is 12.7 Å². The Labute approximate surface area is 187 Å². The number of rotatable bonds is 5. The Bertz CT molecular complexity index is 1230. The van der Waals surface area contributed by atoms with Crippen molar-refractivity contribution in [1.29, 1.82) is 0 Å². The van der Waals surface area contributed by atoms with Gasteiger partial charge in [0, 0.05) is 5.69 Å². The number of aliphatic hydroxyl groups is 1. The van der Waals surface area contributed by atoms with Crippen LogP contribution in [0.15, 0.2) is 60.7 Å². The Morgan fingerprint density at radius 3 is 2.45 bits per heavy atom. The van der Waals surface area contributed by atoms with Crippen LogP contribution in [-0.4, -0.2) is 17.8 Å².